The first kappa shape index (κ1) is 12.3. The fourth-order valence-corrected chi connectivity index (χ4v) is 0.842. The van der Waals surface area contributed by atoms with E-state index in [4.69, 9.17) is 11.5 Å². The predicted octanol–water partition coefficient (Wildman–Crippen LogP) is 2.78. The van der Waals surface area contributed by atoms with Gasteiger partial charge in [0.05, 0.1) is 0 Å². The number of allylic oxidation sites excluding steroid dienone is 2. The first-order valence-corrected chi connectivity index (χ1v) is 4.47. The number of rotatable bonds is 1. The molecule has 0 aliphatic carbocycles. The van der Waals surface area contributed by atoms with E-state index < -0.39 is 0 Å². The summed E-state index contributed by atoms with van der Waals surface area (Å²) in [6.07, 6.45) is 3.34. The summed E-state index contributed by atoms with van der Waals surface area (Å²) in [6, 6.07) is 7.63. The number of nitrogen functional groups attached to an aromatic ring is 1. The first-order chi connectivity index (χ1) is 6.65. The second-order valence-corrected chi connectivity index (χ2v) is 2.88. The van der Waals surface area contributed by atoms with Gasteiger partial charge in [0.1, 0.15) is 0 Å². The topological polar surface area (TPSA) is 52.0 Å². The van der Waals surface area contributed by atoms with Crippen molar-refractivity contribution in [2.75, 3.05) is 5.73 Å². The Labute approximate surface area is 85.9 Å². The Morgan fingerprint density at radius 2 is 1.71 bits per heavy atom. The summed E-state index contributed by atoms with van der Waals surface area (Å²) in [5.41, 5.74) is 13.8. The average molecular weight is 190 g/mol. The van der Waals surface area contributed by atoms with Crippen LogP contribution in [0, 0.1) is 0 Å². The third-order valence-corrected chi connectivity index (χ3v) is 1.62. The Morgan fingerprint density at radius 3 is 2.07 bits per heavy atom. The minimum absolute atomic E-state index is 0.776. The van der Waals surface area contributed by atoms with Crippen molar-refractivity contribution in [2.45, 2.75) is 13.8 Å². The Kier molecular flexibility index (Phi) is 5.95. The lowest BCUT2D eigenvalue weighted by atomic mass is 10.1. The van der Waals surface area contributed by atoms with Crippen molar-refractivity contribution < 1.29 is 0 Å². The number of benzene rings is 1. The molecule has 0 spiro atoms. The van der Waals surface area contributed by atoms with Crippen molar-refractivity contribution in [3.8, 4) is 0 Å². The monoisotopic (exact) mass is 190 g/mol. The van der Waals surface area contributed by atoms with Gasteiger partial charge in [0.25, 0.3) is 0 Å². The third-order valence-electron chi connectivity index (χ3n) is 1.62. The van der Waals surface area contributed by atoms with Crippen molar-refractivity contribution >= 4 is 11.3 Å². The highest BCUT2D eigenvalue weighted by atomic mass is 14.5. The fourth-order valence-electron chi connectivity index (χ4n) is 0.842. The molecule has 0 bridgehead atoms. The van der Waals surface area contributed by atoms with Crippen LogP contribution in [0.4, 0.5) is 5.69 Å². The molecule has 0 saturated carbocycles. The molecule has 1 rings (SSSR count). The number of anilines is 1. The maximum Gasteiger partial charge on any atom is 0.0314 e. The van der Waals surface area contributed by atoms with Crippen molar-refractivity contribution in [2.24, 2.45) is 5.73 Å². The molecule has 76 valence electrons. The second kappa shape index (κ2) is 6.78. The van der Waals surface area contributed by atoms with Crippen molar-refractivity contribution in [3.63, 3.8) is 0 Å². The minimum atomic E-state index is 0.776. The lowest BCUT2D eigenvalue weighted by Crippen LogP contribution is -1.87. The van der Waals surface area contributed by atoms with Crippen LogP contribution in [0.25, 0.3) is 5.57 Å². The molecular weight excluding hydrogens is 172 g/mol. The molecule has 4 N–H and O–H groups in total. The van der Waals surface area contributed by atoms with Gasteiger partial charge in [0.2, 0.25) is 0 Å². The largest absolute Gasteiger partial charge is 0.404 e. The molecule has 0 radical (unpaired) electrons. The summed E-state index contributed by atoms with van der Waals surface area (Å²) >= 11 is 0. The summed E-state index contributed by atoms with van der Waals surface area (Å²) in [5, 5.41) is 0. The highest BCUT2D eigenvalue weighted by Crippen LogP contribution is 2.13. The lowest BCUT2D eigenvalue weighted by Gasteiger charge is -1.99. The SMILES string of the molecule is C/C(=C\N)c1ccc(N)cc1.C=CC. The van der Waals surface area contributed by atoms with E-state index in [-0.39, 0.29) is 0 Å². The van der Waals surface area contributed by atoms with E-state index in [2.05, 4.69) is 6.58 Å². The van der Waals surface area contributed by atoms with Gasteiger partial charge in [-0.3, -0.25) is 0 Å². The molecule has 0 aliphatic rings. The molecule has 0 fully saturated rings. The summed E-state index contributed by atoms with van der Waals surface area (Å²) in [5.74, 6) is 0. The molecule has 2 nitrogen and oxygen atoms in total. The van der Waals surface area contributed by atoms with Crippen LogP contribution in [0.3, 0.4) is 0 Å². The van der Waals surface area contributed by atoms with Gasteiger partial charge < -0.3 is 11.5 Å². The molecule has 0 saturated heterocycles. The Morgan fingerprint density at radius 1 is 1.29 bits per heavy atom. The van der Waals surface area contributed by atoms with Crippen LogP contribution < -0.4 is 11.5 Å². The molecule has 0 amide bonds. The third kappa shape index (κ3) is 4.36. The summed E-state index contributed by atoms with van der Waals surface area (Å²) in [7, 11) is 0. The van der Waals surface area contributed by atoms with Gasteiger partial charge in [0, 0.05) is 5.69 Å². The standard InChI is InChI=1S/C9H12N2.C3H6/c1-7(6-10)8-2-4-9(11)5-3-8;1-3-2/h2-6H,10-11H2,1H3;3H,1H2,2H3/b7-6+;. The number of hydrogen-bond acceptors (Lipinski definition) is 2. The Hall–Kier alpha value is -1.70. The molecule has 0 aliphatic heterocycles. The van der Waals surface area contributed by atoms with E-state index in [1.165, 1.54) is 0 Å². The maximum atomic E-state index is 5.52. The van der Waals surface area contributed by atoms with E-state index in [1.807, 2.05) is 38.1 Å². The van der Waals surface area contributed by atoms with Gasteiger partial charge in [-0.25, -0.2) is 0 Å². The highest BCUT2D eigenvalue weighted by molar-refractivity contribution is 5.64. The molecule has 0 atom stereocenters. The van der Waals surface area contributed by atoms with Gasteiger partial charge in [-0.05, 0) is 43.3 Å². The van der Waals surface area contributed by atoms with Crippen LogP contribution in [-0.4, -0.2) is 0 Å². The van der Waals surface area contributed by atoms with E-state index >= 15 is 0 Å². The molecule has 14 heavy (non-hydrogen) atoms. The van der Waals surface area contributed by atoms with Gasteiger partial charge >= 0.3 is 0 Å². The first-order valence-electron chi connectivity index (χ1n) is 4.47. The zero-order valence-corrected chi connectivity index (χ0v) is 8.83. The van der Waals surface area contributed by atoms with Gasteiger partial charge in [-0.15, -0.1) is 6.58 Å². The quantitative estimate of drug-likeness (QED) is 0.528. The van der Waals surface area contributed by atoms with Gasteiger partial charge in [-0.2, -0.15) is 0 Å². The normalized spacial score (nSPS) is 10.0. The lowest BCUT2D eigenvalue weighted by molar-refractivity contribution is 1.51. The summed E-state index contributed by atoms with van der Waals surface area (Å²) < 4.78 is 0. The van der Waals surface area contributed by atoms with Crippen LogP contribution in [0.5, 0.6) is 0 Å². The van der Waals surface area contributed by atoms with Crippen LogP contribution >= 0.6 is 0 Å². The zero-order chi connectivity index (χ0) is 11.0. The molecule has 0 unspecified atom stereocenters. The van der Waals surface area contributed by atoms with Crippen molar-refractivity contribution in [3.05, 3.63) is 48.7 Å². The van der Waals surface area contributed by atoms with E-state index in [1.54, 1.807) is 12.3 Å². The Bertz CT molecular complexity index is 297. The van der Waals surface area contributed by atoms with E-state index in [0.717, 1.165) is 16.8 Å². The smallest absolute Gasteiger partial charge is 0.0314 e. The minimum Gasteiger partial charge on any atom is -0.404 e. The van der Waals surface area contributed by atoms with Crippen LogP contribution in [-0.2, 0) is 0 Å². The average Bonchev–Trinajstić information content (AvgIpc) is 2.19. The van der Waals surface area contributed by atoms with Crippen molar-refractivity contribution in [1.29, 1.82) is 0 Å². The van der Waals surface area contributed by atoms with E-state index in [9.17, 15) is 0 Å². The summed E-state index contributed by atoms with van der Waals surface area (Å²) in [6.45, 7) is 7.21. The Balaban J connectivity index is 0.000000500. The van der Waals surface area contributed by atoms with Gasteiger partial charge in [0.15, 0.2) is 0 Å². The number of nitrogens with two attached hydrogens (primary N) is 2. The molecule has 0 heterocycles. The predicted molar refractivity (Wildman–Crippen MR) is 64.6 cm³/mol. The zero-order valence-electron chi connectivity index (χ0n) is 8.83. The maximum absolute atomic E-state index is 5.52. The van der Waals surface area contributed by atoms with Gasteiger partial charge in [-0.1, -0.05) is 18.2 Å². The molecule has 1 aromatic carbocycles. The molecule has 2 heteroatoms. The highest BCUT2D eigenvalue weighted by Gasteiger charge is 1.92. The van der Waals surface area contributed by atoms with Crippen LogP contribution in [0.15, 0.2) is 43.1 Å². The number of hydrogen-bond donors (Lipinski definition) is 2. The van der Waals surface area contributed by atoms with Crippen molar-refractivity contribution in [1.82, 2.24) is 0 Å². The van der Waals surface area contributed by atoms with E-state index in [0.29, 0.717) is 0 Å². The summed E-state index contributed by atoms with van der Waals surface area (Å²) in [4.78, 5) is 0. The van der Waals surface area contributed by atoms with Crippen LogP contribution in [0.2, 0.25) is 0 Å². The molecule has 0 aromatic heterocycles. The van der Waals surface area contributed by atoms with Crippen LogP contribution in [0.1, 0.15) is 19.4 Å². The fraction of sp³-hybridized carbons (Fsp3) is 0.167. The molecule has 1 aromatic rings. The molecular formula is C12H18N2. The second-order valence-electron chi connectivity index (χ2n) is 2.88.